The average Bonchev–Trinajstić information content (AvgIpc) is 2.65. The summed E-state index contributed by atoms with van der Waals surface area (Å²) in [7, 11) is 0. The number of anilines is 1. The van der Waals surface area contributed by atoms with Gasteiger partial charge in [0.15, 0.2) is 0 Å². The van der Waals surface area contributed by atoms with Crippen molar-refractivity contribution in [3.05, 3.63) is 29.8 Å². The zero-order chi connectivity index (χ0) is 12.6. The van der Waals surface area contributed by atoms with Crippen LogP contribution in [0.5, 0.6) is 0 Å². The molecule has 1 spiro atoms. The van der Waals surface area contributed by atoms with Gasteiger partial charge in [0, 0.05) is 24.2 Å². The molecule has 1 fully saturated rings. The average molecular weight is 246 g/mol. The Hall–Kier alpha value is -1.06. The van der Waals surface area contributed by atoms with Crippen LogP contribution in [0.1, 0.15) is 25.3 Å². The summed E-state index contributed by atoms with van der Waals surface area (Å²) < 4.78 is 0. The van der Waals surface area contributed by atoms with Crippen LogP contribution in [0, 0.1) is 0 Å². The van der Waals surface area contributed by atoms with Gasteiger partial charge in [0.05, 0.1) is 6.10 Å². The number of hydrogen-bond donors (Lipinski definition) is 2. The molecule has 1 unspecified atom stereocenters. The second kappa shape index (κ2) is 4.56. The quantitative estimate of drug-likeness (QED) is 0.830. The van der Waals surface area contributed by atoms with E-state index in [1.807, 2.05) is 6.92 Å². The van der Waals surface area contributed by atoms with Crippen LogP contribution in [-0.4, -0.2) is 37.4 Å². The van der Waals surface area contributed by atoms with E-state index in [0.29, 0.717) is 5.41 Å². The summed E-state index contributed by atoms with van der Waals surface area (Å²) in [6.45, 7) is 5.90. The van der Waals surface area contributed by atoms with Crippen LogP contribution in [0.4, 0.5) is 5.69 Å². The molecule has 1 atom stereocenters. The predicted octanol–water partition coefficient (Wildman–Crippen LogP) is 1.51. The Labute approximate surface area is 109 Å². The molecule has 2 N–H and O–H groups in total. The van der Waals surface area contributed by atoms with E-state index in [0.717, 1.165) is 26.2 Å². The van der Waals surface area contributed by atoms with E-state index in [2.05, 4.69) is 34.5 Å². The lowest BCUT2D eigenvalue weighted by atomic mass is 9.75. The number of aliphatic hydroxyl groups excluding tert-OH is 1. The Morgan fingerprint density at radius 2 is 2.06 bits per heavy atom. The minimum absolute atomic E-state index is 0.269. The monoisotopic (exact) mass is 246 g/mol. The number of β-amino-alcohol motifs (C(OH)–C–C–N with tert-alkyl or cyclic N) is 1. The first-order chi connectivity index (χ1) is 8.71. The summed E-state index contributed by atoms with van der Waals surface area (Å²) in [6, 6.07) is 8.74. The first kappa shape index (κ1) is 12.0. The zero-order valence-corrected chi connectivity index (χ0v) is 11.0. The van der Waals surface area contributed by atoms with Crippen LogP contribution in [0.3, 0.4) is 0 Å². The molecule has 0 aromatic heterocycles. The number of nitrogens with one attached hydrogen (secondary N) is 1. The molecule has 0 aliphatic carbocycles. The minimum Gasteiger partial charge on any atom is -0.392 e. The largest absolute Gasteiger partial charge is 0.392 e. The molecule has 2 aliphatic rings. The van der Waals surface area contributed by atoms with Crippen molar-refractivity contribution in [3.8, 4) is 0 Å². The van der Waals surface area contributed by atoms with Crippen molar-refractivity contribution in [2.24, 2.45) is 0 Å². The molecule has 98 valence electrons. The number of piperidine rings is 1. The fraction of sp³-hybridized carbons (Fsp3) is 0.600. The predicted molar refractivity (Wildman–Crippen MR) is 74.1 cm³/mol. The number of aliphatic hydroxyl groups is 1. The van der Waals surface area contributed by atoms with Crippen LogP contribution >= 0.6 is 0 Å². The fourth-order valence-corrected chi connectivity index (χ4v) is 3.55. The third-order valence-corrected chi connectivity index (χ3v) is 4.35. The van der Waals surface area contributed by atoms with Crippen molar-refractivity contribution in [2.45, 2.75) is 31.3 Å². The number of benzene rings is 1. The summed E-state index contributed by atoms with van der Waals surface area (Å²) >= 11 is 0. The van der Waals surface area contributed by atoms with Gasteiger partial charge in [-0.25, -0.2) is 0 Å². The molecule has 2 heterocycles. The van der Waals surface area contributed by atoms with E-state index in [1.54, 1.807) is 0 Å². The van der Waals surface area contributed by atoms with Gasteiger partial charge in [-0.1, -0.05) is 18.2 Å². The van der Waals surface area contributed by atoms with Gasteiger partial charge in [-0.2, -0.15) is 0 Å². The minimum atomic E-state index is -0.269. The second-order valence-electron chi connectivity index (χ2n) is 5.78. The first-order valence-electron chi connectivity index (χ1n) is 6.94. The fourth-order valence-electron chi connectivity index (χ4n) is 3.55. The molecule has 0 saturated carbocycles. The molecule has 1 saturated heterocycles. The third kappa shape index (κ3) is 1.91. The summed E-state index contributed by atoms with van der Waals surface area (Å²) in [4.78, 5) is 2.37. The first-order valence-corrected chi connectivity index (χ1v) is 6.94. The Bertz CT molecular complexity index is 424. The number of hydrogen-bond acceptors (Lipinski definition) is 3. The van der Waals surface area contributed by atoms with E-state index in [9.17, 15) is 5.11 Å². The molecule has 0 bridgehead atoms. The van der Waals surface area contributed by atoms with E-state index >= 15 is 0 Å². The van der Waals surface area contributed by atoms with Crippen LogP contribution < -0.4 is 10.2 Å². The Kier molecular flexibility index (Phi) is 3.04. The summed E-state index contributed by atoms with van der Waals surface area (Å²) in [5, 5.41) is 13.1. The van der Waals surface area contributed by atoms with Crippen LogP contribution in [-0.2, 0) is 5.41 Å². The third-order valence-electron chi connectivity index (χ3n) is 4.35. The smallest absolute Gasteiger partial charge is 0.0687 e. The van der Waals surface area contributed by atoms with Crippen molar-refractivity contribution in [1.29, 1.82) is 0 Å². The summed E-state index contributed by atoms with van der Waals surface area (Å²) in [5.41, 5.74) is 3.14. The van der Waals surface area contributed by atoms with Crippen LogP contribution in [0.15, 0.2) is 24.3 Å². The topological polar surface area (TPSA) is 35.5 Å². The highest BCUT2D eigenvalue weighted by atomic mass is 16.3. The molecular weight excluding hydrogens is 224 g/mol. The van der Waals surface area contributed by atoms with Gasteiger partial charge in [-0.15, -0.1) is 0 Å². The van der Waals surface area contributed by atoms with E-state index < -0.39 is 0 Å². The van der Waals surface area contributed by atoms with E-state index in [-0.39, 0.29) is 6.10 Å². The molecule has 3 rings (SSSR count). The SMILES string of the molecule is CC(O)CN1CC2(CCNCC2)c2ccccc21. The molecule has 2 aliphatic heterocycles. The van der Waals surface area contributed by atoms with Gasteiger partial charge in [-0.05, 0) is 44.5 Å². The highest BCUT2D eigenvalue weighted by molar-refractivity contribution is 5.63. The van der Waals surface area contributed by atoms with Crippen molar-refractivity contribution >= 4 is 5.69 Å². The number of nitrogens with zero attached hydrogens (tertiary/aromatic N) is 1. The molecule has 0 radical (unpaired) electrons. The maximum absolute atomic E-state index is 9.67. The van der Waals surface area contributed by atoms with Crippen LogP contribution in [0.2, 0.25) is 0 Å². The number of para-hydroxylation sites is 1. The summed E-state index contributed by atoms with van der Waals surface area (Å²) in [5.74, 6) is 0. The normalized spacial score (nSPS) is 23.1. The molecule has 18 heavy (non-hydrogen) atoms. The Balaban J connectivity index is 1.95. The lowest BCUT2D eigenvalue weighted by molar-refractivity contribution is 0.197. The highest BCUT2D eigenvalue weighted by Crippen LogP contribution is 2.45. The lowest BCUT2D eigenvalue weighted by Gasteiger charge is -2.35. The van der Waals surface area contributed by atoms with Crippen molar-refractivity contribution < 1.29 is 5.11 Å². The number of rotatable bonds is 2. The Morgan fingerprint density at radius 3 is 2.78 bits per heavy atom. The van der Waals surface area contributed by atoms with Gasteiger partial charge < -0.3 is 15.3 Å². The van der Waals surface area contributed by atoms with E-state index in [1.165, 1.54) is 24.1 Å². The van der Waals surface area contributed by atoms with Gasteiger partial charge in [0.25, 0.3) is 0 Å². The maximum Gasteiger partial charge on any atom is 0.0687 e. The molecule has 0 amide bonds. The van der Waals surface area contributed by atoms with E-state index in [4.69, 9.17) is 0 Å². The molecule has 3 nitrogen and oxygen atoms in total. The van der Waals surface area contributed by atoms with Gasteiger partial charge >= 0.3 is 0 Å². The second-order valence-corrected chi connectivity index (χ2v) is 5.78. The molecule has 1 aromatic rings. The summed E-state index contributed by atoms with van der Waals surface area (Å²) in [6.07, 6.45) is 2.15. The van der Waals surface area contributed by atoms with Gasteiger partial charge in [0.1, 0.15) is 0 Å². The zero-order valence-electron chi connectivity index (χ0n) is 11.0. The molecule has 1 aromatic carbocycles. The standard InChI is InChI=1S/C15H22N2O/c1-12(18)10-17-11-15(6-8-16-9-7-15)13-4-2-3-5-14(13)17/h2-5,12,16,18H,6-11H2,1H3. The lowest BCUT2D eigenvalue weighted by Crippen LogP contribution is -2.44. The highest BCUT2D eigenvalue weighted by Gasteiger charge is 2.42. The molecule has 3 heteroatoms. The number of fused-ring (bicyclic) bond motifs is 2. The van der Waals surface area contributed by atoms with Crippen molar-refractivity contribution in [3.63, 3.8) is 0 Å². The molecular formula is C15H22N2O. The maximum atomic E-state index is 9.67. The van der Waals surface area contributed by atoms with Gasteiger partial charge in [-0.3, -0.25) is 0 Å². The van der Waals surface area contributed by atoms with Crippen molar-refractivity contribution in [1.82, 2.24) is 5.32 Å². The van der Waals surface area contributed by atoms with Crippen LogP contribution in [0.25, 0.3) is 0 Å². The Morgan fingerprint density at radius 1 is 1.33 bits per heavy atom. The van der Waals surface area contributed by atoms with Crippen molar-refractivity contribution in [2.75, 3.05) is 31.1 Å². The van der Waals surface area contributed by atoms with Gasteiger partial charge in [0.2, 0.25) is 0 Å².